The van der Waals surface area contributed by atoms with Crippen LogP contribution in [0.4, 0.5) is 42.9 Å². The van der Waals surface area contributed by atoms with Crippen LogP contribution < -0.4 is 30.5 Å². The Morgan fingerprint density at radius 1 is 0.298 bits per heavy atom. The van der Waals surface area contributed by atoms with Gasteiger partial charge in [-0.2, -0.15) is 0 Å². The quantitative estimate of drug-likeness (QED) is 0.0791. The van der Waals surface area contributed by atoms with Gasteiger partial charge in [-0.15, -0.1) is 0 Å². The number of nitrogens with zero attached hydrogens (tertiary/aromatic N) is 2. The molecule has 0 fully saturated rings. The van der Waals surface area contributed by atoms with Crippen LogP contribution in [0, 0.1) is 11.6 Å². The van der Waals surface area contributed by atoms with Crippen molar-refractivity contribution < 1.29 is 22.5 Å². The smallest absolute Gasteiger partial charge is 0.155 e. The van der Waals surface area contributed by atoms with Crippen LogP contribution in [-0.2, 0) is 0 Å². The molecule has 0 amide bonds. The summed E-state index contributed by atoms with van der Waals surface area (Å²) in [7, 11) is -8.90. The van der Waals surface area contributed by atoms with E-state index >= 15 is 8.78 Å². The van der Waals surface area contributed by atoms with Crippen LogP contribution in [0.25, 0.3) is 76.8 Å². The maximum absolute atomic E-state index is 19.6. The number of anilines is 6. The maximum atomic E-state index is 19.6. The van der Waals surface area contributed by atoms with Gasteiger partial charge < -0.3 is 9.80 Å². The van der Waals surface area contributed by atoms with E-state index in [1.165, 1.54) is 9.80 Å². The van der Waals surface area contributed by atoms with Crippen LogP contribution in [0.2, 0.25) is 78.6 Å². The number of hydrogen-bond acceptors (Lipinski definition) is 2. The summed E-state index contributed by atoms with van der Waals surface area (Å²) in [5.74, 6) is -1.32. The van der Waals surface area contributed by atoms with Gasteiger partial charge in [0.05, 0.1) is 68.8 Å². The van der Waals surface area contributed by atoms with Gasteiger partial charge in [0, 0.05) is 44.4 Å². The Morgan fingerprint density at radius 3 is 0.881 bits per heavy atom. The summed E-state index contributed by atoms with van der Waals surface area (Å²) >= 11 is 0. The van der Waals surface area contributed by atoms with Crippen LogP contribution in [0.5, 0.6) is 0 Å². The summed E-state index contributed by atoms with van der Waals surface area (Å²) in [4.78, 5) is 3.05. The van der Waals surface area contributed by atoms with Crippen LogP contribution in [0.15, 0.2) is 230 Å². The van der Waals surface area contributed by atoms with E-state index in [1.54, 1.807) is 24.3 Å². The van der Waals surface area contributed by atoms with Gasteiger partial charge in [-0.05, 0) is 80.1 Å². The highest BCUT2D eigenvalue weighted by atomic mass is 28.3. The molecule has 418 valence electrons. The number of para-hydroxylation sites is 2. The average molecular weight is 1180 g/mol. The Balaban J connectivity index is 1.25. The predicted molar refractivity (Wildman–Crippen MR) is 373 cm³/mol. The van der Waals surface area contributed by atoms with E-state index in [2.05, 4.69) is 90.7 Å². The molecule has 0 N–H and O–H groups in total. The van der Waals surface area contributed by atoms with E-state index in [9.17, 15) is 11.0 Å². The molecular weight excluding hydrogens is 1090 g/mol. The first-order valence-electron chi connectivity index (χ1n) is 33.7. The van der Waals surface area contributed by atoms with Crippen molar-refractivity contribution in [3.63, 3.8) is 0 Å². The van der Waals surface area contributed by atoms with Crippen molar-refractivity contribution in [3.8, 4) is 44.5 Å². The zero-order chi connectivity index (χ0) is 67.7. The second kappa shape index (κ2) is 21.6. The van der Waals surface area contributed by atoms with Gasteiger partial charge in [-0.1, -0.05) is 293 Å². The first-order valence-corrected chi connectivity index (χ1v) is 42.7. The summed E-state index contributed by atoms with van der Waals surface area (Å²) in [6.45, 7) is 26.5. The standard InChI is InChI=1S/C76H74F2N2Si4/c1-81(2,3)67-35-23-19-31-55(67)59-45-47-61(57-33-21-25-37-69(57)83(7,8)9)75(73(59)77)79(53-27-15-13-16-28-53)65-49-41-51-40-44-64-66(50-42-52-39-43-63(65)71(51)72(52)64)80(54-29-17-14-18-30-54)76-62(58-34-22-26-38-70(58)84(10,11)12)48-46-60(74(76)78)56-32-20-24-36-68(56)82(4,5)6/h13-50H,1-12H3/i13D,14D,15D,16D,17D,18D,27D,28D,29D,30D. The monoisotopic (exact) mass is 1170 g/mol. The summed E-state index contributed by atoms with van der Waals surface area (Å²) < 4.78 is 133. The van der Waals surface area contributed by atoms with Crippen LogP contribution in [0.3, 0.4) is 0 Å². The summed E-state index contributed by atoms with van der Waals surface area (Å²) in [5, 5.41) is 7.76. The highest BCUT2D eigenvalue weighted by Crippen LogP contribution is 2.52. The van der Waals surface area contributed by atoms with E-state index < -0.39 is 104 Å². The normalized spacial score (nSPS) is 14.1. The van der Waals surface area contributed by atoms with Crippen molar-refractivity contribution in [1.82, 2.24) is 0 Å². The lowest BCUT2D eigenvalue weighted by Gasteiger charge is -2.33. The fourth-order valence-corrected chi connectivity index (χ4v) is 19.0. The number of hydrogen-bond donors (Lipinski definition) is 0. The minimum absolute atomic E-state index is 0.0209. The minimum atomic E-state index is -2.26. The first kappa shape index (κ1) is 45.4. The van der Waals surface area contributed by atoms with E-state index in [1.807, 2.05) is 133 Å². The predicted octanol–water partition coefficient (Wildman–Crippen LogP) is 20.7. The lowest BCUT2D eigenvalue weighted by molar-refractivity contribution is 0.632. The van der Waals surface area contributed by atoms with Crippen LogP contribution >= 0.6 is 0 Å². The second-order valence-corrected chi connectivity index (χ2v) is 46.2. The molecule has 84 heavy (non-hydrogen) atoms. The van der Waals surface area contributed by atoms with Gasteiger partial charge in [0.25, 0.3) is 0 Å². The SMILES string of the molecule is [2H]c1c([2H])c([2H])c(N(c2c(-c3ccccc3[Si](C)(C)C)ccc(-c3ccccc3[Si](C)(C)C)c2F)c2ccc3ccc4c(N(c5c([2H])c([2H])c([2H])c([2H])c5[2H])c5c(-c6ccccc6[Si](C)(C)C)ccc(-c6ccccc6[Si](C)(C)C)c5F)ccc5ccc2c3c54)c([2H])c1[2H]. The Kier molecular flexibility index (Phi) is 11.7. The Bertz CT molecular complexity index is 4720. The fraction of sp³-hybridized carbons (Fsp3) is 0.158. The van der Waals surface area contributed by atoms with Gasteiger partial charge in [-0.3, -0.25) is 0 Å². The molecule has 2 nitrogen and oxygen atoms in total. The zero-order valence-electron chi connectivity index (χ0n) is 59.8. The highest BCUT2D eigenvalue weighted by Gasteiger charge is 2.34. The van der Waals surface area contributed by atoms with E-state index in [0.29, 0.717) is 65.9 Å². The van der Waals surface area contributed by atoms with Gasteiger partial charge in [0.2, 0.25) is 0 Å². The van der Waals surface area contributed by atoms with Crippen LogP contribution in [-0.4, -0.2) is 32.3 Å². The lowest BCUT2D eigenvalue weighted by Crippen LogP contribution is -2.39. The molecule has 0 radical (unpaired) electrons. The molecule has 0 aliphatic heterocycles. The number of halogens is 2. The molecule has 12 aromatic carbocycles. The highest BCUT2D eigenvalue weighted by molar-refractivity contribution is 6.91. The molecule has 0 atom stereocenters. The number of rotatable bonds is 14. The molecule has 8 heteroatoms. The molecule has 0 aliphatic carbocycles. The fourth-order valence-electron chi connectivity index (χ4n) is 12.5. The Hall–Kier alpha value is -7.99. The van der Waals surface area contributed by atoms with Crippen molar-refractivity contribution >= 4 is 119 Å². The Labute approximate surface area is 514 Å². The van der Waals surface area contributed by atoms with E-state index in [4.69, 9.17) is 2.74 Å². The zero-order valence-corrected chi connectivity index (χ0v) is 53.8. The average Bonchev–Trinajstić information content (AvgIpc) is 0.713. The third-order valence-electron chi connectivity index (χ3n) is 16.3. The number of benzene rings is 12. The van der Waals surface area contributed by atoms with Crippen molar-refractivity contribution in [1.29, 1.82) is 0 Å². The molecule has 0 saturated heterocycles. The molecule has 0 unspecified atom stereocenters. The third-order valence-corrected chi connectivity index (χ3v) is 24.5. The van der Waals surface area contributed by atoms with E-state index in [-0.39, 0.29) is 33.9 Å². The molecular formula is C76H74F2N2Si4. The molecule has 0 aliphatic rings. The van der Waals surface area contributed by atoms with Crippen LogP contribution in [0.1, 0.15) is 13.7 Å². The van der Waals surface area contributed by atoms with Crippen molar-refractivity contribution in [2.24, 2.45) is 0 Å². The van der Waals surface area contributed by atoms with Crippen molar-refractivity contribution in [2.45, 2.75) is 78.6 Å². The lowest BCUT2D eigenvalue weighted by atomic mass is 9.90. The van der Waals surface area contributed by atoms with Gasteiger partial charge in [0.15, 0.2) is 11.6 Å². The second-order valence-electron chi connectivity index (χ2n) is 26.0. The van der Waals surface area contributed by atoms with Crippen molar-refractivity contribution in [2.75, 3.05) is 9.80 Å². The third kappa shape index (κ3) is 10.1. The molecule has 0 saturated carbocycles. The maximum Gasteiger partial charge on any atom is 0.155 e. The van der Waals surface area contributed by atoms with Crippen molar-refractivity contribution in [3.05, 3.63) is 242 Å². The molecule has 0 heterocycles. The molecule has 0 bridgehead atoms. The minimum Gasteiger partial charge on any atom is -0.307 e. The first-order chi connectivity index (χ1) is 44.2. The summed E-state index contributed by atoms with van der Waals surface area (Å²) in [6.07, 6.45) is 0. The van der Waals surface area contributed by atoms with E-state index in [0.717, 1.165) is 31.9 Å². The summed E-state index contributed by atoms with van der Waals surface area (Å²) in [5.41, 5.74) is 4.30. The Morgan fingerprint density at radius 2 is 0.571 bits per heavy atom. The van der Waals surface area contributed by atoms with Gasteiger partial charge in [0.1, 0.15) is 0 Å². The molecule has 12 rings (SSSR count). The molecule has 12 aromatic rings. The largest absolute Gasteiger partial charge is 0.307 e. The molecule has 0 spiro atoms. The van der Waals surface area contributed by atoms with Gasteiger partial charge in [-0.25, -0.2) is 8.78 Å². The summed E-state index contributed by atoms with van der Waals surface area (Å²) in [6, 6.07) is 48.0. The topological polar surface area (TPSA) is 6.48 Å². The molecule has 0 aromatic heterocycles. The van der Waals surface area contributed by atoms with Gasteiger partial charge >= 0.3 is 0 Å².